The van der Waals surface area contributed by atoms with Gasteiger partial charge in [0.1, 0.15) is 5.15 Å². The smallest absolute Gasteiger partial charge is 0.147 e. The van der Waals surface area contributed by atoms with Crippen molar-refractivity contribution in [3.05, 3.63) is 23.2 Å². The second-order valence-electron chi connectivity index (χ2n) is 4.26. The summed E-state index contributed by atoms with van der Waals surface area (Å²) < 4.78 is 5.62. The van der Waals surface area contributed by atoms with Gasteiger partial charge in [0.2, 0.25) is 0 Å². The van der Waals surface area contributed by atoms with E-state index in [1.54, 1.807) is 12.4 Å². The SMILES string of the molecule is CCOC1CCN(Cc2cnc(Cl)cn2)CC1. The highest BCUT2D eigenvalue weighted by Gasteiger charge is 2.19. The van der Waals surface area contributed by atoms with Crippen molar-refractivity contribution in [1.82, 2.24) is 14.9 Å². The van der Waals surface area contributed by atoms with Crippen molar-refractivity contribution in [2.24, 2.45) is 0 Å². The molecule has 4 nitrogen and oxygen atoms in total. The molecule has 1 aromatic rings. The van der Waals surface area contributed by atoms with E-state index in [1.807, 2.05) is 0 Å². The molecule has 1 saturated heterocycles. The second kappa shape index (κ2) is 6.28. The average molecular weight is 256 g/mol. The van der Waals surface area contributed by atoms with Gasteiger partial charge in [-0.25, -0.2) is 4.98 Å². The Morgan fingerprint density at radius 3 is 2.71 bits per heavy atom. The molecule has 0 spiro atoms. The van der Waals surface area contributed by atoms with Crippen molar-refractivity contribution in [2.75, 3.05) is 19.7 Å². The van der Waals surface area contributed by atoms with Gasteiger partial charge < -0.3 is 4.74 Å². The van der Waals surface area contributed by atoms with Crippen molar-refractivity contribution >= 4 is 11.6 Å². The molecule has 1 aromatic heterocycles. The summed E-state index contributed by atoms with van der Waals surface area (Å²) in [5, 5.41) is 0.448. The number of nitrogens with zero attached hydrogens (tertiary/aromatic N) is 3. The van der Waals surface area contributed by atoms with Crippen molar-refractivity contribution < 1.29 is 4.74 Å². The average Bonchev–Trinajstić information content (AvgIpc) is 2.35. The zero-order valence-electron chi connectivity index (χ0n) is 10.1. The van der Waals surface area contributed by atoms with Gasteiger partial charge in [-0.2, -0.15) is 0 Å². The van der Waals surface area contributed by atoms with Gasteiger partial charge in [-0.15, -0.1) is 0 Å². The maximum absolute atomic E-state index is 5.70. The van der Waals surface area contributed by atoms with Crippen LogP contribution in [-0.4, -0.2) is 40.7 Å². The fourth-order valence-electron chi connectivity index (χ4n) is 2.12. The Hall–Kier alpha value is -0.710. The van der Waals surface area contributed by atoms with Crippen LogP contribution in [-0.2, 0) is 11.3 Å². The van der Waals surface area contributed by atoms with Crippen LogP contribution in [0.15, 0.2) is 12.4 Å². The van der Waals surface area contributed by atoms with E-state index in [1.165, 1.54) is 0 Å². The van der Waals surface area contributed by atoms with Gasteiger partial charge in [-0.05, 0) is 19.8 Å². The maximum atomic E-state index is 5.70. The molecular formula is C12H18ClN3O. The highest BCUT2D eigenvalue weighted by molar-refractivity contribution is 6.29. The molecule has 0 bridgehead atoms. The Morgan fingerprint density at radius 1 is 1.35 bits per heavy atom. The summed E-state index contributed by atoms with van der Waals surface area (Å²) in [5.74, 6) is 0. The standard InChI is InChI=1S/C12H18ClN3O/c1-2-17-11-3-5-16(6-4-11)9-10-7-15-12(13)8-14-10/h7-8,11H,2-6,9H2,1H3. The lowest BCUT2D eigenvalue weighted by Gasteiger charge is -2.31. The third-order valence-electron chi connectivity index (χ3n) is 3.00. The molecule has 0 radical (unpaired) electrons. The molecule has 0 aromatic carbocycles. The van der Waals surface area contributed by atoms with Crippen LogP contribution in [0.2, 0.25) is 5.15 Å². The molecule has 1 fully saturated rings. The fraction of sp³-hybridized carbons (Fsp3) is 0.667. The Balaban J connectivity index is 1.79. The summed E-state index contributed by atoms with van der Waals surface area (Å²) >= 11 is 5.70. The van der Waals surface area contributed by atoms with E-state index in [9.17, 15) is 0 Å². The summed E-state index contributed by atoms with van der Waals surface area (Å²) in [5.41, 5.74) is 0.976. The molecule has 2 heterocycles. The molecule has 5 heteroatoms. The number of halogens is 1. The fourth-order valence-corrected chi connectivity index (χ4v) is 2.22. The van der Waals surface area contributed by atoms with Crippen molar-refractivity contribution in [1.29, 1.82) is 0 Å². The van der Waals surface area contributed by atoms with Gasteiger partial charge in [0.05, 0.1) is 24.2 Å². The lowest BCUT2D eigenvalue weighted by molar-refractivity contribution is 0.0122. The first-order chi connectivity index (χ1) is 8.28. The molecule has 0 saturated carbocycles. The lowest BCUT2D eigenvalue weighted by atomic mass is 10.1. The Morgan fingerprint density at radius 2 is 2.12 bits per heavy atom. The minimum Gasteiger partial charge on any atom is -0.378 e. The van der Waals surface area contributed by atoms with Crippen LogP contribution in [0.4, 0.5) is 0 Å². The second-order valence-corrected chi connectivity index (χ2v) is 4.65. The molecule has 0 aliphatic carbocycles. The number of ether oxygens (including phenoxy) is 1. The van der Waals surface area contributed by atoms with Gasteiger partial charge in [0.15, 0.2) is 0 Å². The third-order valence-corrected chi connectivity index (χ3v) is 3.19. The highest BCUT2D eigenvalue weighted by Crippen LogP contribution is 2.15. The maximum Gasteiger partial charge on any atom is 0.147 e. The topological polar surface area (TPSA) is 38.2 Å². The van der Waals surface area contributed by atoms with Gasteiger partial charge in [-0.3, -0.25) is 9.88 Å². The van der Waals surface area contributed by atoms with Crippen LogP contribution in [0.3, 0.4) is 0 Å². The monoisotopic (exact) mass is 255 g/mol. The zero-order chi connectivity index (χ0) is 12.1. The zero-order valence-corrected chi connectivity index (χ0v) is 10.9. The van der Waals surface area contributed by atoms with E-state index >= 15 is 0 Å². The van der Waals surface area contributed by atoms with E-state index in [-0.39, 0.29) is 0 Å². The molecule has 0 unspecified atom stereocenters. The summed E-state index contributed by atoms with van der Waals surface area (Å²) in [6.07, 6.45) is 6.00. The van der Waals surface area contributed by atoms with Gasteiger partial charge >= 0.3 is 0 Å². The lowest BCUT2D eigenvalue weighted by Crippen LogP contribution is -2.36. The predicted octanol–water partition coefficient (Wildman–Crippen LogP) is 2.13. The van der Waals surface area contributed by atoms with E-state index in [0.29, 0.717) is 11.3 Å². The minimum atomic E-state index is 0.438. The van der Waals surface area contributed by atoms with Crippen LogP contribution in [0.5, 0.6) is 0 Å². The number of hydrogen-bond donors (Lipinski definition) is 0. The Bertz CT molecular complexity index is 336. The molecule has 17 heavy (non-hydrogen) atoms. The largest absolute Gasteiger partial charge is 0.378 e. The first-order valence-corrected chi connectivity index (χ1v) is 6.46. The predicted molar refractivity (Wildman–Crippen MR) is 67.0 cm³/mol. The first kappa shape index (κ1) is 12.7. The van der Waals surface area contributed by atoms with Crippen molar-refractivity contribution in [3.63, 3.8) is 0 Å². The van der Waals surface area contributed by atoms with Crippen LogP contribution < -0.4 is 0 Å². The highest BCUT2D eigenvalue weighted by atomic mass is 35.5. The Kier molecular flexibility index (Phi) is 4.71. The van der Waals surface area contributed by atoms with E-state index in [4.69, 9.17) is 16.3 Å². The van der Waals surface area contributed by atoms with Crippen molar-refractivity contribution in [2.45, 2.75) is 32.4 Å². The summed E-state index contributed by atoms with van der Waals surface area (Å²) in [6.45, 7) is 5.84. The minimum absolute atomic E-state index is 0.438. The number of rotatable bonds is 4. The summed E-state index contributed by atoms with van der Waals surface area (Å²) in [6, 6.07) is 0. The van der Waals surface area contributed by atoms with Crippen LogP contribution in [0.1, 0.15) is 25.5 Å². The summed E-state index contributed by atoms with van der Waals surface area (Å²) in [4.78, 5) is 10.7. The molecule has 1 aliphatic rings. The molecule has 0 N–H and O–H groups in total. The van der Waals surface area contributed by atoms with Crippen LogP contribution in [0.25, 0.3) is 0 Å². The van der Waals surface area contributed by atoms with Crippen LogP contribution >= 0.6 is 11.6 Å². The number of hydrogen-bond acceptors (Lipinski definition) is 4. The normalized spacial score (nSPS) is 18.5. The quantitative estimate of drug-likeness (QED) is 0.826. The summed E-state index contributed by atoms with van der Waals surface area (Å²) in [7, 11) is 0. The molecule has 94 valence electrons. The molecular weight excluding hydrogens is 238 g/mol. The number of piperidine rings is 1. The van der Waals surface area contributed by atoms with E-state index in [2.05, 4.69) is 21.8 Å². The van der Waals surface area contributed by atoms with Gasteiger partial charge in [0.25, 0.3) is 0 Å². The van der Waals surface area contributed by atoms with Crippen molar-refractivity contribution in [3.8, 4) is 0 Å². The van der Waals surface area contributed by atoms with E-state index < -0.39 is 0 Å². The molecule has 1 aliphatic heterocycles. The molecule has 0 atom stereocenters. The van der Waals surface area contributed by atoms with Crippen LogP contribution in [0, 0.1) is 0 Å². The molecule has 0 amide bonds. The van der Waals surface area contributed by atoms with Gasteiger partial charge in [0, 0.05) is 26.2 Å². The third kappa shape index (κ3) is 3.91. The number of aromatic nitrogens is 2. The first-order valence-electron chi connectivity index (χ1n) is 6.08. The Labute approximate surface area is 107 Å². The van der Waals surface area contributed by atoms with E-state index in [0.717, 1.165) is 44.8 Å². The molecule has 2 rings (SSSR count). The van der Waals surface area contributed by atoms with Gasteiger partial charge in [-0.1, -0.05) is 11.6 Å². The number of likely N-dealkylation sites (tertiary alicyclic amines) is 1.